The second kappa shape index (κ2) is 6.92. The van der Waals surface area contributed by atoms with E-state index < -0.39 is 10.0 Å². The van der Waals surface area contributed by atoms with Crippen molar-refractivity contribution in [3.05, 3.63) is 83.4 Å². The minimum atomic E-state index is -3.39. The molecule has 152 valence electrons. The van der Waals surface area contributed by atoms with E-state index in [1.54, 1.807) is 13.2 Å². The minimum absolute atomic E-state index is 0.343. The number of hydrogen-bond acceptors (Lipinski definition) is 4. The normalized spacial score (nSPS) is 16.6. The van der Waals surface area contributed by atoms with Crippen LogP contribution in [0.1, 0.15) is 22.8 Å². The van der Waals surface area contributed by atoms with Gasteiger partial charge in [0.25, 0.3) is 0 Å². The highest BCUT2D eigenvalue weighted by molar-refractivity contribution is 7.92. The van der Waals surface area contributed by atoms with Crippen LogP contribution < -0.4 is 14.2 Å². The molecule has 0 saturated carbocycles. The molecule has 0 saturated heterocycles. The molecule has 2 aliphatic rings. The molecule has 3 aromatic rings. The quantitative estimate of drug-likeness (QED) is 0.659. The summed E-state index contributed by atoms with van der Waals surface area (Å²) in [6.45, 7) is 0. The maximum absolute atomic E-state index is 11.8. The Balaban J connectivity index is 1.70. The van der Waals surface area contributed by atoms with Crippen molar-refractivity contribution in [2.24, 2.45) is 0 Å². The molecule has 1 unspecified atom stereocenters. The Kier molecular flexibility index (Phi) is 4.33. The summed E-state index contributed by atoms with van der Waals surface area (Å²) in [6.07, 6.45) is 3.85. The number of benzene rings is 3. The molecule has 5 nitrogen and oxygen atoms in total. The van der Waals surface area contributed by atoms with E-state index in [2.05, 4.69) is 22.9 Å². The Labute approximate surface area is 176 Å². The molecule has 30 heavy (non-hydrogen) atoms. The van der Waals surface area contributed by atoms with E-state index in [9.17, 15) is 8.42 Å². The molecule has 0 aromatic heterocycles. The van der Waals surface area contributed by atoms with Gasteiger partial charge in [-0.2, -0.15) is 0 Å². The number of fused-ring (bicyclic) bond motifs is 4. The van der Waals surface area contributed by atoms with Crippen LogP contribution in [0.3, 0.4) is 0 Å². The smallest absolute Gasteiger partial charge is 0.229 e. The minimum Gasteiger partial charge on any atom is -0.496 e. The maximum atomic E-state index is 11.8. The molecule has 0 spiro atoms. The van der Waals surface area contributed by atoms with Gasteiger partial charge >= 0.3 is 0 Å². The number of sulfonamides is 1. The summed E-state index contributed by atoms with van der Waals surface area (Å²) in [5, 5.41) is 0. The van der Waals surface area contributed by atoms with Crippen LogP contribution in [-0.2, 0) is 16.4 Å². The van der Waals surface area contributed by atoms with Crippen LogP contribution in [0.2, 0.25) is 0 Å². The van der Waals surface area contributed by atoms with Crippen molar-refractivity contribution in [1.29, 1.82) is 0 Å². The number of allylic oxidation sites excluding steroid dienone is 1. The number of methoxy groups -OCH3 is 1. The van der Waals surface area contributed by atoms with Crippen molar-refractivity contribution in [3.8, 4) is 22.6 Å². The SMILES string of the molecule is COc1cccc2c1-c1ccc(NS(C)(=O)=O)cc1C(C1=CCc3ccccc31)O2. The lowest BCUT2D eigenvalue weighted by atomic mass is 9.87. The van der Waals surface area contributed by atoms with Gasteiger partial charge in [-0.15, -0.1) is 0 Å². The van der Waals surface area contributed by atoms with E-state index in [1.165, 1.54) is 11.1 Å². The molecule has 1 aliphatic heterocycles. The van der Waals surface area contributed by atoms with E-state index in [0.29, 0.717) is 5.69 Å². The number of nitrogens with one attached hydrogen (secondary N) is 1. The van der Waals surface area contributed by atoms with E-state index >= 15 is 0 Å². The lowest BCUT2D eigenvalue weighted by molar-refractivity contribution is 0.259. The first-order chi connectivity index (χ1) is 14.4. The summed E-state index contributed by atoms with van der Waals surface area (Å²) in [7, 11) is -1.76. The van der Waals surface area contributed by atoms with Crippen LogP contribution >= 0.6 is 0 Å². The first-order valence-electron chi connectivity index (χ1n) is 9.69. The Morgan fingerprint density at radius 3 is 2.67 bits per heavy atom. The van der Waals surface area contributed by atoms with Crippen LogP contribution in [0.25, 0.3) is 16.7 Å². The monoisotopic (exact) mass is 419 g/mol. The van der Waals surface area contributed by atoms with Gasteiger partial charge in [0.05, 0.1) is 18.9 Å². The van der Waals surface area contributed by atoms with E-state index in [1.807, 2.05) is 42.5 Å². The Bertz CT molecular complexity index is 1290. The second-order valence-electron chi connectivity index (χ2n) is 7.53. The highest BCUT2D eigenvalue weighted by Gasteiger charge is 2.33. The van der Waals surface area contributed by atoms with Crippen LogP contribution in [-0.4, -0.2) is 21.8 Å². The molecule has 0 amide bonds. The van der Waals surface area contributed by atoms with E-state index in [0.717, 1.165) is 46.4 Å². The van der Waals surface area contributed by atoms with Crippen molar-refractivity contribution in [3.63, 3.8) is 0 Å². The van der Waals surface area contributed by atoms with Gasteiger partial charge in [-0.25, -0.2) is 8.42 Å². The van der Waals surface area contributed by atoms with Gasteiger partial charge in [0.15, 0.2) is 0 Å². The molecular formula is C24H21NO4S. The lowest BCUT2D eigenvalue weighted by Gasteiger charge is -2.31. The molecule has 0 fully saturated rings. The predicted molar refractivity (Wildman–Crippen MR) is 118 cm³/mol. The van der Waals surface area contributed by atoms with Crippen LogP contribution in [0.5, 0.6) is 11.5 Å². The standard InChI is InChI=1S/C24H21NO4S/c1-28-21-8-5-9-22-23(21)18-13-11-16(25-30(2,26)27)14-20(18)24(29-22)19-12-10-15-6-3-4-7-17(15)19/h3-9,11-14,24-25H,10H2,1-2H3. The zero-order valence-corrected chi connectivity index (χ0v) is 17.5. The third-order valence-electron chi connectivity index (χ3n) is 5.51. The van der Waals surface area contributed by atoms with Crippen LogP contribution in [0.15, 0.2) is 66.7 Å². The molecule has 3 aromatic carbocycles. The molecule has 6 heteroatoms. The van der Waals surface area contributed by atoms with Gasteiger partial charge in [-0.1, -0.05) is 42.5 Å². The molecule has 1 N–H and O–H groups in total. The third kappa shape index (κ3) is 3.13. The van der Waals surface area contributed by atoms with Gasteiger partial charge in [0.2, 0.25) is 10.0 Å². The predicted octanol–water partition coefficient (Wildman–Crippen LogP) is 4.81. The van der Waals surface area contributed by atoms with E-state index in [4.69, 9.17) is 9.47 Å². The first-order valence-corrected chi connectivity index (χ1v) is 11.6. The van der Waals surface area contributed by atoms with Crippen molar-refractivity contribution < 1.29 is 17.9 Å². The van der Waals surface area contributed by atoms with Crippen LogP contribution in [0, 0.1) is 0 Å². The number of anilines is 1. The fourth-order valence-corrected chi connectivity index (χ4v) is 4.86. The van der Waals surface area contributed by atoms with Crippen LogP contribution in [0.4, 0.5) is 5.69 Å². The Morgan fingerprint density at radius 2 is 1.87 bits per heavy atom. The Morgan fingerprint density at radius 1 is 1.03 bits per heavy atom. The zero-order chi connectivity index (χ0) is 20.9. The summed E-state index contributed by atoms with van der Waals surface area (Å²) >= 11 is 0. The van der Waals surface area contributed by atoms with Crippen molar-refractivity contribution in [2.75, 3.05) is 18.1 Å². The molecular weight excluding hydrogens is 398 g/mol. The van der Waals surface area contributed by atoms with Crippen molar-refractivity contribution in [1.82, 2.24) is 0 Å². The van der Waals surface area contributed by atoms with E-state index in [-0.39, 0.29) is 6.10 Å². The third-order valence-corrected chi connectivity index (χ3v) is 6.12. The summed E-state index contributed by atoms with van der Waals surface area (Å²) in [4.78, 5) is 0. The Hall–Kier alpha value is -3.25. The van der Waals surface area contributed by atoms with Crippen molar-refractivity contribution >= 4 is 21.3 Å². The molecule has 5 rings (SSSR count). The number of ether oxygens (including phenoxy) is 2. The molecule has 1 aliphatic carbocycles. The topological polar surface area (TPSA) is 64.6 Å². The fraction of sp³-hybridized carbons (Fsp3) is 0.167. The average molecular weight is 420 g/mol. The molecule has 1 heterocycles. The largest absolute Gasteiger partial charge is 0.496 e. The number of rotatable bonds is 4. The summed E-state index contributed by atoms with van der Waals surface area (Å²) in [5.41, 5.74) is 6.79. The first kappa shape index (κ1) is 18.8. The molecule has 0 radical (unpaired) electrons. The zero-order valence-electron chi connectivity index (χ0n) is 16.7. The highest BCUT2D eigenvalue weighted by atomic mass is 32.2. The van der Waals surface area contributed by atoms with Gasteiger partial charge < -0.3 is 9.47 Å². The average Bonchev–Trinajstić information content (AvgIpc) is 3.15. The summed E-state index contributed by atoms with van der Waals surface area (Å²) in [6, 6.07) is 19.6. The van der Waals surface area contributed by atoms with Gasteiger partial charge in [-0.05, 0) is 47.4 Å². The maximum Gasteiger partial charge on any atom is 0.229 e. The fourth-order valence-electron chi connectivity index (χ4n) is 4.31. The van der Waals surface area contributed by atoms with Gasteiger partial charge in [-0.3, -0.25) is 4.72 Å². The summed E-state index contributed by atoms with van der Waals surface area (Å²) < 4.78 is 38.3. The van der Waals surface area contributed by atoms with Gasteiger partial charge in [0, 0.05) is 16.8 Å². The van der Waals surface area contributed by atoms with Crippen molar-refractivity contribution in [2.45, 2.75) is 12.5 Å². The summed E-state index contributed by atoms with van der Waals surface area (Å²) in [5.74, 6) is 1.47. The highest BCUT2D eigenvalue weighted by Crippen LogP contribution is 2.52. The lowest BCUT2D eigenvalue weighted by Crippen LogP contribution is -2.17. The van der Waals surface area contributed by atoms with Gasteiger partial charge in [0.1, 0.15) is 17.6 Å². The number of hydrogen-bond donors (Lipinski definition) is 1. The second-order valence-corrected chi connectivity index (χ2v) is 9.28. The molecule has 0 bridgehead atoms. The molecule has 1 atom stereocenters.